The molecule has 92 valence electrons. The summed E-state index contributed by atoms with van der Waals surface area (Å²) in [6.07, 6.45) is 0. The molecule has 16 heavy (non-hydrogen) atoms. The van der Waals surface area contributed by atoms with Crippen molar-refractivity contribution in [3.05, 3.63) is 5.21 Å². The number of methoxy groups -OCH3 is 2. The van der Waals surface area contributed by atoms with Crippen LogP contribution in [0.3, 0.4) is 0 Å². The van der Waals surface area contributed by atoms with Gasteiger partial charge in [0.15, 0.2) is 0 Å². The van der Waals surface area contributed by atoms with Crippen LogP contribution in [0.15, 0.2) is 5.28 Å². The normalized spacial score (nSPS) is 11.9. The zero-order chi connectivity index (χ0) is 12.8. The highest BCUT2D eigenvalue weighted by Crippen LogP contribution is 2.14. The van der Waals surface area contributed by atoms with Gasteiger partial charge >= 0.3 is 17.5 Å². The maximum Gasteiger partial charge on any atom is 0.394 e. The van der Waals surface area contributed by atoms with Crippen LogP contribution >= 0.6 is 0 Å². The Morgan fingerprint density at radius 1 is 1.31 bits per heavy atom. The Hall–Kier alpha value is -1.86. The third kappa shape index (κ3) is 2.59. The van der Waals surface area contributed by atoms with Gasteiger partial charge in [0.1, 0.15) is 6.61 Å². The molecule has 0 aromatic heterocycles. The van der Waals surface area contributed by atoms with Gasteiger partial charge in [-0.15, -0.1) is 0 Å². The number of carbonyl (C=O) groups is 2. The molecule has 0 unspecified atom stereocenters. The second-order valence-electron chi connectivity index (χ2n) is 2.83. The highest BCUT2D eigenvalue weighted by molar-refractivity contribution is 6.02. The molecule has 0 spiro atoms. The smallest absolute Gasteiger partial charge is 0.394 e. The fraction of sp³-hybridized carbons (Fsp3) is 0.750. The predicted molar refractivity (Wildman–Crippen MR) is 50.1 cm³/mol. The summed E-state index contributed by atoms with van der Waals surface area (Å²) in [4.78, 5) is 27.0. The maximum absolute atomic E-state index is 11.4. The summed E-state index contributed by atoms with van der Waals surface area (Å²) in [5.74, 6) is -2.17. The molecule has 0 amide bonds. The Labute approximate surface area is 92.3 Å². The summed E-state index contributed by atoms with van der Waals surface area (Å²) in [6.45, 7) is 2.74. The van der Waals surface area contributed by atoms with Crippen LogP contribution in [0.4, 0.5) is 0 Å². The molecule has 0 saturated heterocycles. The highest BCUT2D eigenvalue weighted by atomic mass is 16.7. The van der Waals surface area contributed by atoms with E-state index in [9.17, 15) is 14.8 Å². The Kier molecular flexibility index (Phi) is 5.20. The number of esters is 2. The molecule has 0 saturated carbocycles. The molecule has 0 fully saturated rings. The van der Waals surface area contributed by atoms with Crippen LogP contribution in [0.5, 0.6) is 0 Å². The maximum atomic E-state index is 11.4. The zero-order valence-electron chi connectivity index (χ0n) is 9.55. The Bertz CT molecular complexity index is 285. The van der Waals surface area contributed by atoms with Crippen molar-refractivity contribution in [2.45, 2.75) is 19.4 Å². The third-order valence-corrected chi connectivity index (χ3v) is 1.81. The van der Waals surface area contributed by atoms with Gasteiger partial charge in [-0.3, -0.25) is 0 Å². The van der Waals surface area contributed by atoms with Crippen molar-refractivity contribution in [2.75, 3.05) is 20.8 Å². The molecule has 0 aromatic carbocycles. The lowest BCUT2D eigenvalue weighted by molar-refractivity contribution is -0.605. The van der Waals surface area contributed by atoms with Crippen LogP contribution in [0, 0.1) is 5.21 Å². The van der Waals surface area contributed by atoms with E-state index < -0.39 is 17.5 Å². The van der Waals surface area contributed by atoms with E-state index in [-0.39, 0.29) is 11.5 Å². The van der Waals surface area contributed by atoms with Crippen molar-refractivity contribution in [1.82, 2.24) is 0 Å². The van der Waals surface area contributed by atoms with Gasteiger partial charge in [-0.05, 0) is 11.8 Å². The summed E-state index contributed by atoms with van der Waals surface area (Å²) in [6, 6.07) is 0. The molecule has 0 bridgehead atoms. The number of nitrogens with zero attached hydrogens (tertiary/aromatic N) is 2. The summed E-state index contributed by atoms with van der Waals surface area (Å²) >= 11 is 0. The number of hydrogen-bond donors (Lipinski definition) is 0. The molecule has 0 rings (SSSR count). The van der Waals surface area contributed by atoms with E-state index in [1.165, 1.54) is 0 Å². The molecule has 0 N–H and O–H groups in total. The first-order chi connectivity index (χ1) is 7.44. The Morgan fingerprint density at radius 2 is 1.75 bits per heavy atom. The first-order valence-electron chi connectivity index (χ1n) is 4.42. The lowest BCUT2D eigenvalue weighted by Gasteiger charge is -2.18. The van der Waals surface area contributed by atoms with Gasteiger partial charge in [-0.2, -0.15) is 0 Å². The van der Waals surface area contributed by atoms with Crippen LogP contribution in [-0.2, 0) is 23.9 Å². The molecule has 0 aliphatic carbocycles. The first-order valence-corrected chi connectivity index (χ1v) is 4.42. The van der Waals surface area contributed by atoms with Crippen molar-refractivity contribution in [2.24, 2.45) is 5.28 Å². The van der Waals surface area contributed by atoms with Crippen LogP contribution in [0.25, 0.3) is 0 Å². The number of rotatable bonds is 5. The second-order valence-corrected chi connectivity index (χ2v) is 2.83. The lowest BCUT2D eigenvalue weighted by Crippen LogP contribution is -2.52. The van der Waals surface area contributed by atoms with E-state index in [0.29, 0.717) is 0 Å². The quantitative estimate of drug-likeness (QED) is 0.218. The van der Waals surface area contributed by atoms with E-state index >= 15 is 0 Å². The van der Waals surface area contributed by atoms with Crippen molar-refractivity contribution in [3.63, 3.8) is 0 Å². The number of ether oxygens (including phenoxy) is 2. The monoisotopic (exact) mass is 234 g/mol. The van der Waals surface area contributed by atoms with Crippen LogP contribution in [0.1, 0.15) is 13.8 Å². The third-order valence-electron chi connectivity index (χ3n) is 1.81. The van der Waals surface area contributed by atoms with Gasteiger partial charge in [0.05, 0.1) is 14.2 Å². The minimum atomic E-state index is -2.21. The first kappa shape index (κ1) is 14.1. The van der Waals surface area contributed by atoms with Crippen LogP contribution in [-0.4, -0.2) is 43.2 Å². The van der Waals surface area contributed by atoms with Gasteiger partial charge in [-0.1, -0.05) is 0 Å². The molecule has 0 aliphatic heterocycles. The van der Waals surface area contributed by atoms with E-state index in [1.54, 1.807) is 6.92 Å². The van der Waals surface area contributed by atoms with Crippen molar-refractivity contribution < 1.29 is 28.8 Å². The summed E-state index contributed by atoms with van der Waals surface area (Å²) in [7, 11) is 2.08. The largest absolute Gasteiger partial charge is 0.596 e. The highest BCUT2D eigenvalue weighted by Gasteiger charge is 2.55. The van der Waals surface area contributed by atoms with Gasteiger partial charge in [0.2, 0.25) is 5.28 Å². The van der Waals surface area contributed by atoms with Crippen molar-refractivity contribution in [3.8, 4) is 0 Å². The molecule has 0 atom stereocenters. The van der Waals surface area contributed by atoms with E-state index in [4.69, 9.17) is 0 Å². The van der Waals surface area contributed by atoms with Gasteiger partial charge < -0.3 is 19.5 Å². The average molecular weight is 234 g/mol. The van der Waals surface area contributed by atoms with Crippen molar-refractivity contribution >= 4 is 11.9 Å². The topological polar surface area (TPSA) is 100 Å². The molecular formula is C8H14N2O6. The second kappa shape index (κ2) is 5.89. The molecule has 0 heterocycles. The average Bonchev–Trinajstić information content (AvgIpc) is 2.32. The fourth-order valence-corrected chi connectivity index (χ4v) is 0.829. The standard InChI is InChI=1S/C8H14N2O6/c1-5-16-9-10(13)8(2,6(11)14-3)7(12)15-4/h5H2,1-4H3/b10-9-. The molecule has 0 aromatic rings. The molecule has 8 nitrogen and oxygen atoms in total. The Balaban J connectivity index is 5.23. The lowest BCUT2D eigenvalue weighted by atomic mass is 10.0. The zero-order valence-corrected chi connectivity index (χ0v) is 9.55. The van der Waals surface area contributed by atoms with Gasteiger partial charge in [-0.25, -0.2) is 9.59 Å². The molecular weight excluding hydrogens is 220 g/mol. The van der Waals surface area contributed by atoms with Gasteiger partial charge in [0.25, 0.3) is 0 Å². The number of hydroxylamine groups is 1. The van der Waals surface area contributed by atoms with E-state index in [2.05, 4.69) is 19.6 Å². The van der Waals surface area contributed by atoms with Crippen LogP contribution < -0.4 is 0 Å². The predicted octanol–water partition coefficient (Wildman–Crippen LogP) is 0.00510. The van der Waals surface area contributed by atoms with E-state index in [1.807, 2.05) is 0 Å². The van der Waals surface area contributed by atoms with Crippen LogP contribution in [0.2, 0.25) is 0 Å². The number of carbonyl (C=O) groups excluding carboxylic acids is 2. The molecule has 0 radical (unpaired) electrons. The number of hydrogen-bond acceptors (Lipinski definition) is 7. The fourth-order valence-electron chi connectivity index (χ4n) is 0.829. The summed E-state index contributed by atoms with van der Waals surface area (Å²) < 4.78 is 8.68. The summed E-state index contributed by atoms with van der Waals surface area (Å²) in [5, 5.41) is 14.5. The minimum absolute atomic E-state index is 0.122. The minimum Gasteiger partial charge on any atom is -0.596 e. The SMILES string of the molecule is CCO/N=[N+](\[O-])C(C)(C(=O)OC)C(=O)OC. The Morgan fingerprint density at radius 3 is 2.06 bits per heavy atom. The summed E-state index contributed by atoms with van der Waals surface area (Å²) in [5.41, 5.74) is -2.21. The molecule has 8 heteroatoms. The molecule has 0 aliphatic rings. The van der Waals surface area contributed by atoms with Crippen molar-refractivity contribution in [1.29, 1.82) is 0 Å². The van der Waals surface area contributed by atoms with Gasteiger partial charge in [0, 0.05) is 6.92 Å². The van der Waals surface area contributed by atoms with E-state index in [0.717, 1.165) is 21.1 Å².